The largest absolute Gasteiger partial charge is 0.493 e. The monoisotopic (exact) mass is 940 g/mol. The molecule has 2 aromatic carbocycles. The normalized spacial score (nSPS) is 18.7. The predicted octanol–water partition coefficient (Wildman–Crippen LogP) is 9.48. The fourth-order valence-electron chi connectivity index (χ4n) is 7.67. The van der Waals surface area contributed by atoms with Crippen molar-refractivity contribution in [3.63, 3.8) is 0 Å². The van der Waals surface area contributed by atoms with E-state index in [1.54, 1.807) is 48.7 Å². The third kappa shape index (κ3) is 12.0. The molecule has 1 N–H and O–H groups in total. The summed E-state index contributed by atoms with van der Waals surface area (Å²) in [6, 6.07) is 11.7. The fourth-order valence-corrected chi connectivity index (χ4v) is 9.70. The Bertz CT molecular complexity index is 2430. The zero-order valence-corrected chi connectivity index (χ0v) is 39.8. The number of allylic oxidation sites excluding steroid dienone is 4. The van der Waals surface area contributed by atoms with Crippen LogP contribution < -0.4 is 19.1 Å². The van der Waals surface area contributed by atoms with Crippen LogP contribution in [0.3, 0.4) is 0 Å². The van der Waals surface area contributed by atoms with Crippen LogP contribution in [0.2, 0.25) is 0 Å². The van der Waals surface area contributed by atoms with E-state index in [2.05, 4.69) is 9.98 Å². The van der Waals surface area contributed by atoms with Gasteiger partial charge in [-0.05, 0) is 118 Å². The number of anilines is 1. The average Bonchev–Trinajstić information content (AvgIpc) is 3.86. The molecule has 3 amide bonds. The molecule has 18 heteroatoms. The van der Waals surface area contributed by atoms with E-state index in [1.807, 2.05) is 89.5 Å². The number of hydrogen-bond acceptors (Lipinski definition) is 14. The first kappa shape index (κ1) is 49.3. The summed E-state index contributed by atoms with van der Waals surface area (Å²) >= 11 is 0. The summed E-state index contributed by atoms with van der Waals surface area (Å²) in [5.74, 6) is 1.01. The highest BCUT2D eigenvalue weighted by atomic mass is 33.1. The van der Waals surface area contributed by atoms with Gasteiger partial charge in [-0.3, -0.25) is 24.7 Å². The number of rotatable bonds is 16. The van der Waals surface area contributed by atoms with E-state index < -0.39 is 28.0 Å². The van der Waals surface area contributed by atoms with Crippen LogP contribution in [0.4, 0.5) is 16.2 Å². The molecule has 0 radical (unpaired) electrons. The summed E-state index contributed by atoms with van der Waals surface area (Å²) in [4.78, 5) is 63.5. The van der Waals surface area contributed by atoms with Crippen molar-refractivity contribution in [2.75, 3.05) is 38.9 Å². The molecule has 0 fully saturated rings. The Morgan fingerprint density at radius 3 is 2.27 bits per heavy atom. The number of nitro groups is 1. The van der Waals surface area contributed by atoms with Gasteiger partial charge in [0.1, 0.15) is 17.4 Å². The summed E-state index contributed by atoms with van der Waals surface area (Å²) in [5, 5.41) is 21.5. The van der Waals surface area contributed by atoms with E-state index >= 15 is 0 Å². The topological polar surface area (TPSA) is 186 Å². The Balaban J connectivity index is 0.00000173. The molecule has 0 spiro atoms. The second-order valence-corrected chi connectivity index (χ2v) is 19.3. The molecule has 1 aromatic heterocycles. The molecular weight excluding hydrogens is 885 g/mol. The first-order valence-corrected chi connectivity index (χ1v) is 23.8. The van der Waals surface area contributed by atoms with E-state index in [0.717, 1.165) is 36.1 Å². The van der Waals surface area contributed by atoms with Gasteiger partial charge in [-0.2, -0.15) is 0 Å². The van der Waals surface area contributed by atoms with Crippen LogP contribution in [0.15, 0.2) is 107 Å². The molecule has 0 bridgehead atoms. The summed E-state index contributed by atoms with van der Waals surface area (Å²) < 4.78 is 23.4. The lowest BCUT2D eigenvalue weighted by molar-refractivity contribution is -0.445. The number of nitrogens with zero attached hydrogens (tertiary/aromatic N) is 6. The summed E-state index contributed by atoms with van der Waals surface area (Å²) in [6.07, 6.45) is 16.0. The molecule has 3 atom stereocenters. The second-order valence-electron chi connectivity index (χ2n) is 16.4. The van der Waals surface area contributed by atoms with E-state index in [-0.39, 0.29) is 35.7 Å². The molecule has 0 aliphatic carbocycles. The number of unbranched alkanes of at least 4 members (excludes halogenated alkanes) is 2. The Labute approximate surface area is 393 Å². The molecule has 0 saturated heterocycles. The fraction of sp³-hybridized carbons (Fsp3) is 0.396. The van der Waals surface area contributed by atoms with Gasteiger partial charge in [0.05, 0.1) is 59.7 Å². The van der Waals surface area contributed by atoms with Gasteiger partial charge in [0.2, 0.25) is 0 Å². The zero-order valence-electron chi connectivity index (χ0n) is 38.2. The Morgan fingerprint density at radius 2 is 1.61 bits per heavy atom. The molecular formula is C48H56N6O10S2. The van der Waals surface area contributed by atoms with Crippen molar-refractivity contribution in [2.45, 2.75) is 94.8 Å². The number of aliphatic hydroxyl groups excluding tert-OH is 1. The maximum atomic E-state index is 14.1. The van der Waals surface area contributed by atoms with Crippen LogP contribution in [0.1, 0.15) is 86.1 Å². The number of amides is 3. The predicted molar refractivity (Wildman–Crippen MR) is 257 cm³/mol. The van der Waals surface area contributed by atoms with Crippen molar-refractivity contribution in [3.05, 3.63) is 123 Å². The third-order valence-electron chi connectivity index (χ3n) is 10.8. The number of ether oxygens (including phenoxy) is 4. The molecule has 7 rings (SSSR count). The number of hydrogen-bond donors (Lipinski definition) is 1. The van der Waals surface area contributed by atoms with E-state index in [1.165, 1.54) is 31.4 Å². The quantitative estimate of drug-likeness (QED) is 0.0620. The van der Waals surface area contributed by atoms with Crippen LogP contribution in [0.25, 0.3) is 0 Å². The molecule has 1 unspecified atom stereocenters. The lowest BCUT2D eigenvalue weighted by Crippen LogP contribution is -2.51. The van der Waals surface area contributed by atoms with Gasteiger partial charge in [0, 0.05) is 41.9 Å². The lowest BCUT2D eigenvalue weighted by Gasteiger charge is -2.32. The van der Waals surface area contributed by atoms with Crippen LogP contribution >= 0.6 is 21.6 Å². The van der Waals surface area contributed by atoms with E-state index in [9.17, 15) is 19.5 Å². The van der Waals surface area contributed by atoms with Crippen molar-refractivity contribution < 1.29 is 43.4 Å². The first-order chi connectivity index (χ1) is 31.6. The van der Waals surface area contributed by atoms with Crippen LogP contribution in [-0.2, 0) is 4.74 Å². The number of carbonyl (C=O) groups is 3. The number of benzene rings is 2. The number of fused-ring (bicyclic) bond motifs is 4. The van der Waals surface area contributed by atoms with Gasteiger partial charge in [-0.25, -0.2) is 14.7 Å². The minimum atomic E-state index is -1.39. The standard InChI is InChI=1S/C47H53N5O8S2.CH3NO2/c1-7-14-31-21-33-26-49-36-24-41(40(57-6)23-34(36)43(53)50(33)27-31)59-19-13-9-12-18-58-39-25-37-35(20-30(39)3)44(54)51-28-32(15-8-2)22-38(51)45(55)52(37)46(56)60-29-47(4,5)62-61-42-16-10-11-17-48-42;1-2(3)4/h7-8,10-11,14-17,20,23-28,33,38,45,55H,9,12-13,18-19,21-22,29H2,1-6H3;1H3/b14-7+,15-8+;/t33-,38-,45?;/m0./s1. The SMILES string of the molecule is C/C=C/C1=CN2C(=O)c3cc(OC)c(OCCCCCOc4cc5c(cc4C)C(=O)N4C=C(/C=C/C)C[C@H]4C(O)N5C(=O)OCC(C)(C)SSc4ccccn4)cc3N=C[C@@H]2C1.C[N+](=O)[O-]. The number of methoxy groups -OCH3 is 1. The minimum absolute atomic E-state index is 0.0418. The lowest BCUT2D eigenvalue weighted by atomic mass is 10.1. The number of aliphatic imine (C=N–C) groups is 1. The smallest absolute Gasteiger partial charge is 0.416 e. The Kier molecular flexibility index (Phi) is 16.7. The van der Waals surface area contributed by atoms with Gasteiger partial charge in [-0.1, -0.05) is 41.2 Å². The minimum Gasteiger partial charge on any atom is -0.493 e. The molecule has 0 saturated carbocycles. The highest BCUT2D eigenvalue weighted by Crippen LogP contribution is 2.43. The van der Waals surface area contributed by atoms with Gasteiger partial charge in [-0.15, -0.1) is 0 Å². The highest BCUT2D eigenvalue weighted by Gasteiger charge is 2.45. The maximum absolute atomic E-state index is 14.1. The van der Waals surface area contributed by atoms with Crippen LogP contribution in [0, 0.1) is 17.0 Å². The number of carbonyl (C=O) groups excluding carboxylic acids is 3. The summed E-state index contributed by atoms with van der Waals surface area (Å²) in [6.45, 7) is 10.5. The Morgan fingerprint density at radius 1 is 0.939 bits per heavy atom. The third-order valence-corrected chi connectivity index (χ3v) is 13.9. The van der Waals surface area contributed by atoms with Crippen molar-refractivity contribution in [2.24, 2.45) is 4.99 Å². The van der Waals surface area contributed by atoms with E-state index in [0.29, 0.717) is 66.5 Å². The molecule has 5 heterocycles. The molecule has 66 heavy (non-hydrogen) atoms. The van der Waals surface area contributed by atoms with Gasteiger partial charge in [0.25, 0.3) is 11.8 Å². The van der Waals surface area contributed by atoms with Crippen molar-refractivity contribution in [1.29, 1.82) is 0 Å². The molecule has 4 aliphatic heterocycles. The summed E-state index contributed by atoms with van der Waals surface area (Å²) in [5.41, 5.74) is 4.15. The number of aliphatic hydroxyl groups is 1. The number of aryl methyl sites for hydroxylation is 1. The molecule has 350 valence electrons. The summed E-state index contributed by atoms with van der Waals surface area (Å²) in [7, 11) is 5.46. The first-order valence-electron chi connectivity index (χ1n) is 21.6. The van der Waals surface area contributed by atoms with Crippen molar-refractivity contribution in [3.8, 4) is 17.2 Å². The van der Waals surface area contributed by atoms with Gasteiger partial charge >= 0.3 is 6.09 Å². The van der Waals surface area contributed by atoms with E-state index in [4.69, 9.17) is 29.1 Å². The zero-order chi connectivity index (χ0) is 47.5. The average molecular weight is 941 g/mol. The molecule has 4 aliphatic rings. The van der Waals surface area contributed by atoms with Crippen molar-refractivity contribution >= 4 is 57.1 Å². The van der Waals surface area contributed by atoms with Crippen LogP contribution in [0.5, 0.6) is 17.2 Å². The molecule has 16 nitrogen and oxygen atoms in total. The number of aromatic nitrogens is 1. The highest BCUT2D eigenvalue weighted by molar-refractivity contribution is 8.77. The van der Waals surface area contributed by atoms with Gasteiger partial charge < -0.3 is 33.9 Å². The van der Waals surface area contributed by atoms with Crippen molar-refractivity contribution in [1.82, 2.24) is 14.8 Å². The maximum Gasteiger partial charge on any atom is 0.416 e. The van der Waals surface area contributed by atoms with Gasteiger partial charge in [0.15, 0.2) is 24.8 Å². The molecule has 3 aromatic rings. The van der Waals surface area contributed by atoms with Crippen LogP contribution in [-0.4, -0.2) is 106 Å². The number of pyridine rings is 1. The second kappa shape index (κ2) is 22.4. The Hall–Kier alpha value is -6.11.